The van der Waals surface area contributed by atoms with Crippen LogP contribution in [0.15, 0.2) is 78.3 Å². The minimum Gasteiger partial charge on any atom is -0.457 e. The molecule has 9 heteroatoms. The summed E-state index contributed by atoms with van der Waals surface area (Å²) in [5, 5.41) is 9.82. The molecule has 3 aromatic heterocycles. The van der Waals surface area contributed by atoms with Gasteiger partial charge in [0.15, 0.2) is 5.13 Å². The molecule has 35 heavy (non-hydrogen) atoms. The van der Waals surface area contributed by atoms with Crippen LogP contribution in [-0.2, 0) is 0 Å². The standard InChI is InChI=1S/C26H21N5O2S2/c1-16-24(35-17(2)28-16)22-15-34-26(30-22)31-23-13-8-18(14-27-23)25(32)29-19-9-11-21(12-10-19)33-20-6-4-3-5-7-20/h3-15H,1-2H3,(H,29,32)(H,27,30,31). The zero-order valence-electron chi connectivity index (χ0n) is 19.0. The van der Waals surface area contributed by atoms with Gasteiger partial charge in [0, 0.05) is 17.3 Å². The Labute approximate surface area is 210 Å². The van der Waals surface area contributed by atoms with E-state index in [1.165, 1.54) is 17.5 Å². The minimum absolute atomic E-state index is 0.242. The van der Waals surface area contributed by atoms with Gasteiger partial charge in [-0.15, -0.1) is 22.7 Å². The van der Waals surface area contributed by atoms with Gasteiger partial charge in [-0.3, -0.25) is 4.79 Å². The number of hydrogen-bond acceptors (Lipinski definition) is 8. The first-order chi connectivity index (χ1) is 17.0. The summed E-state index contributed by atoms with van der Waals surface area (Å²) in [5.41, 5.74) is 3.00. The molecule has 0 aliphatic heterocycles. The monoisotopic (exact) mass is 499 g/mol. The molecule has 5 aromatic rings. The predicted molar refractivity (Wildman–Crippen MR) is 141 cm³/mol. The van der Waals surface area contributed by atoms with E-state index in [0.717, 1.165) is 32.2 Å². The molecule has 0 radical (unpaired) electrons. The van der Waals surface area contributed by atoms with Gasteiger partial charge in [0.05, 0.1) is 26.8 Å². The summed E-state index contributed by atoms with van der Waals surface area (Å²) >= 11 is 3.13. The number of thiazole rings is 2. The van der Waals surface area contributed by atoms with Gasteiger partial charge in [-0.2, -0.15) is 0 Å². The summed E-state index contributed by atoms with van der Waals surface area (Å²) in [4.78, 5) is 27.2. The molecule has 0 saturated carbocycles. The summed E-state index contributed by atoms with van der Waals surface area (Å²) in [7, 11) is 0. The number of pyridine rings is 1. The van der Waals surface area contributed by atoms with E-state index in [0.29, 0.717) is 22.8 Å². The van der Waals surface area contributed by atoms with Crippen molar-refractivity contribution in [2.45, 2.75) is 13.8 Å². The number of nitrogens with zero attached hydrogens (tertiary/aromatic N) is 3. The van der Waals surface area contributed by atoms with Crippen LogP contribution in [-0.4, -0.2) is 20.9 Å². The molecule has 0 fully saturated rings. The molecule has 2 aromatic carbocycles. The van der Waals surface area contributed by atoms with Crippen LogP contribution in [0.3, 0.4) is 0 Å². The van der Waals surface area contributed by atoms with Crippen molar-refractivity contribution in [1.29, 1.82) is 0 Å². The highest BCUT2D eigenvalue weighted by Crippen LogP contribution is 2.32. The Kier molecular flexibility index (Phi) is 6.51. The third-order valence-electron chi connectivity index (χ3n) is 4.99. The number of amides is 1. The molecule has 0 saturated heterocycles. The molecule has 3 heterocycles. The molecular formula is C26H21N5O2S2. The largest absolute Gasteiger partial charge is 0.457 e. The lowest BCUT2D eigenvalue weighted by Gasteiger charge is -2.08. The molecule has 5 rings (SSSR count). The zero-order valence-corrected chi connectivity index (χ0v) is 20.6. The van der Waals surface area contributed by atoms with Crippen LogP contribution in [0.2, 0.25) is 0 Å². The maximum Gasteiger partial charge on any atom is 0.257 e. The Morgan fingerprint density at radius 2 is 1.69 bits per heavy atom. The van der Waals surface area contributed by atoms with Crippen LogP contribution in [0.25, 0.3) is 10.6 Å². The van der Waals surface area contributed by atoms with E-state index in [9.17, 15) is 4.79 Å². The van der Waals surface area contributed by atoms with Crippen LogP contribution < -0.4 is 15.4 Å². The first kappa shape index (κ1) is 22.7. The van der Waals surface area contributed by atoms with Crippen molar-refractivity contribution < 1.29 is 9.53 Å². The van der Waals surface area contributed by atoms with E-state index in [4.69, 9.17) is 4.74 Å². The maximum absolute atomic E-state index is 12.6. The number of para-hydroxylation sites is 1. The molecule has 0 aliphatic carbocycles. The topological polar surface area (TPSA) is 89.0 Å². The summed E-state index contributed by atoms with van der Waals surface area (Å²) in [5.74, 6) is 1.82. The van der Waals surface area contributed by atoms with E-state index < -0.39 is 0 Å². The van der Waals surface area contributed by atoms with Crippen molar-refractivity contribution in [3.05, 3.63) is 94.6 Å². The van der Waals surface area contributed by atoms with E-state index in [-0.39, 0.29) is 5.91 Å². The highest BCUT2D eigenvalue weighted by molar-refractivity contribution is 7.16. The second kappa shape index (κ2) is 10.0. The molecule has 1 amide bonds. The highest BCUT2D eigenvalue weighted by atomic mass is 32.1. The fraction of sp³-hybridized carbons (Fsp3) is 0.0769. The number of benzene rings is 2. The van der Waals surface area contributed by atoms with E-state index in [1.54, 1.807) is 35.6 Å². The van der Waals surface area contributed by atoms with Gasteiger partial charge < -0.3 is 15.4 Å². The van der Waals surface area contributed by atoms with Gasteiger partial charge in [-0.1, -0.05) is 18.2 Å². The van der Waals surface area contributed by atoms with Crippen molar-refractivity contribution in [2.75, 3.05) is 10.6 Å². The molecule has 0 spiro atoms. The number of anilines is 3. The second-order valence-electron chi connectivity index (χ2n) is 7.64. The number of hydrogen-bond donors (Lipinski definition) is 2. The zero-order chi connectivity index (χ0) is 24.2. The van der Waals surface area contributed by atoms with Crippen LogP contribution in [0.5, 0.6) is 11.5 Å². The van der Waals surface area contributed by atoms with Crippen LogP contribution >= 0.6 is 22.7 Å². The lowest BCUT2D eigenvalue weighted by Crippen LogP contribution is -2.12. The van der Waals surface area contributed by atoms with Crippen LogP contribution in [0, 0.1) is 13.8 Å². The van der Waals surface area contributed by atoms with Gasteiger partial charge in [0.25, 0.3) is 5.91 Å². The molecule has 7 nitrogen and oxygen atoms in total. The molecule has 2 N–H and O–H groups in total. The first-order valence-corrected chi connectivity index (χ1v) is 12.5. The number of ether oxygens (including phenoxy) is 1. The number of carbonyl (C=O) groups is 1. The summed E-state index contributed by atoms with van der Waals surface area (Å²) in [6.45, 7) is 3.98. The number of aryl methyl sites for hydroxylation is 2. The van der Waals surface area contributed by atoms with E-state index >= 15 is 0 Å². The Morgan fingerprint density at radius 1 is 0.914 bits per heavy atom. The number of aromatic nitrogens is 3. The quantitative estimate of drug-likeness (QED) is 0.249. The molecule has 0 unspecified atom stereocenters. The number of rotatable bonds is 7. The smallest absolute Gasteiger partial charge is 0.257 e. The first-order valence-electron chi connectivity index (χ1n) is 10.8. The van der Waals surface area contributed by atoms with Gasteiger partial charge in [0.2, 0.25) is 0 Å². The maximum atomic E-state index is 12.6. The average Bonchev–Trinajstić information content (AvgIpc) is 3.46. The van der Waals surface area contributed by atoms with E-state index in [1.807, 2.05) is 61.7 Å². The average molecular weight is 500 g/mol. The Balaban J connectivity index is 1.19. The van der Waals surface area contributed by atoms with Crippen molar-refractivity contribution in [3.8, 4) is 22.1 Å². The second-order valence-corrected chi connectivity index (χ2v) is 9.70. The molecule has 0 bridgehead atoms. The Hall–Kier alpha value is -4.08. The van der Waals surface area contributed by atoms with Crippen molar-refractivity contribution in [3.63, 3.8) is 0 Å². The minimum atomic E-state index is -0.242. The van der Waals surface area contributed by atoms with Crippen LogP contribution in [0.4, 0.5) is 16.6 Å². The summed E-state index contributed by atoms with van der Waals surface area (Å²) < 4.78 is 5.78. The fourth-order valence-electron chi connectivity index (χ4n) is 3.35. The van der Waals surface area contributed by atoms with Crippen molar-refractivity contribution in [1.82, 2.24) is 15.0 Å². The number of nitrogens with one attached hydrogen (secondary N) is 2. The number of carbonyl (C=O) groups excluding carboxylic acids is 1. The third-order valence-corrected chi connectivity index (χ3v) is 6.85. The lowest BCUT2D eigenvalue weighted by atomic mass is 10.2. The van der Waals surface area contributed by atoms with Gasteiger partial charge in [-0.25, -0.2) is 15.0 Å². The summed E-state index contributed by atoms with van der Waals surface area (Å²) in [6.07, 6.45) is 1.54. The van der Waals surface area contributed by atoms with E-state index in [2.05, 4.69) is 25.6 Å². The normalized spacial score (nSPS) is 10.7. The lowest BCUT2D eigenvalue weighted by molar-refractivity contribution is 0.102. The Morgan fingerprint density at radius 3 is 2.37 bits per heavy atom. The van der Waals surface area contributed by atoms with Gasteiger partial charge in [-0.05, 0) is 62.4 Å². The highest BCUT2D eigenvalue weighted by Gasteiger charge is 2.12. The third kappa shape index (κ3) is 5.53. The fourth-order valence-corrected chi connectivity index (χ4v) is 5.01. The van der Waals surface area contributed by atoms with Crippen molar-refractivity contribution in [2.24, 2.45) is 0 Å². The van der Waals surface area contributed by atoms with Crippen molar-refractivity contribution >= 4 is 45.2 Å². The van der Waals surface area contributed by atoms with Crippen LogP contribution in [0.1, 0.15) is 21.1 Å². The van der Waals surface area contributed by atoms with Gasteiger partial charge >= 0.3 is 0 Å². The molecular weight excluding hydrogens is 478 g/mol. The summed E-state index contributed by atoms with van der Waals surface area (Å²) in [6, 6.07) is 20.2. The SMILES string of the molecule is Cc1nc(C)c(-c2csc(Nc3ccc(C(=O)Nc4ccc(Oc5ccccc5)cc4)cn3)n2)s1. The predicted octanol–water partition coefficient (Wildman–Crippen LogP) is 7.07. The molecule has 0 atom stereocenters. The molecule has 174 valence electrons. The Bertz CT molecular complexity index is 1450. The molecule has 0 aliphatic rings. The van der Waals surface area contributed by atoms with Gasteiger partial charge in [0.1, 0.15) is 17.3 Å².